The monoisotopic (exact) mass is 429 g/mol. The molecule has 9 nitrogen and oxygen atoms in total. The smallest absolute Gasteiger partial charge is 0.455 e. The van der Waals surface area contributed by atoms with Crippen LogP contribution in [0.4, 0.5) is 10.5 Å². The second-order valence-corrected chi connectivity index (χ2v) is 8.18. The summed E-state index contributed by atoms with van der Waals surface area (Å²) < 4.78 is 21.7. The molecule has 2 aliphatic heterocycles. The molecule has 9 heteroatoms. The fourth-order valence-corrected chi connectivity index (χ4v) is 4.16. The zero-order valence-corrected chi connectivity index (χ0v) is 17.1. The largest absolute Gasteiger partial charge is 0.514 e. The highest BCUT2D eigenvalue weighted by atomic mass is 16.7. The average molecular weight is 429 g/mol. The Morgan fingerprint density at radius 2 is 2.10 bits per heavy atom. The summed E-state index contributed by atoms with van der Waals surface area (Å²) >= 11 is 0. The van der Waals surface area contributed by atoms with E-state index in [0.717, 1.165) is 18.4 Å². The van der Waals surface area contributed by atoms with Gasteiger partial charge in [0.05, 0.1) is 10.5 Å². The lowest BCUT2D eigenvalue weighted by atomic mass is 9.84. The van der Waals surface area contributed by atoms with Crippen LogP contribution in [0, 0.1) is 16.0 Å². The Morgan fingerprint density at radius 1 is 1.35 bits per heavy atom. The van der Waals surface area contributed by atoms with Crippen molar-refractivity contribution in [1.82, 2.24) is 0 Å². The van der Waals surface area contributed by atoms with E-state index in [1.54, 1.807) is 0 Å². The molecule has 0 unspecified atom stereocenters. The predicted octanol–water partition coefficient (Wildman–Crippen LogP) is 3.87. The molecule has 2 fully saturated rings. The molecule has 0 amide bonds. The minimum atomic E-state index is -0.897. The maximum atomic E-state index is 12.0. The van der Waals surface area contributed by atoms with Gasteiger partial charge < -0.3 is 18.9 Å². The quantitative estimate of drug-likeness (QED) is 0.135. The molecule has 3 aliphatic rings. The first kappa shape index (κ1) is 21.0. The van der Waals surface area contributed by atoms with E-state index >= 15 is 0 Å². The molecule has 0 aromatic heterocycles. The number of esters is 1. The molecule has 164 valence electrons. The predicted molar refractivity (Wildman–Crippen MR) is 107 cm³/mol. The number of nitrogens with zero attached hydrogens (tertiary/aromatic N) is 1. The van der Waals surface area contributed by atoms with Gasteiger partial charge in [-0.2, -0.15) is 0 Å². The van der Waals surface area contributed by atoms with Crippen LogP contribution in [0.2, 0.25) is 0 Å². The molecule has 0 N–H and O–H groups in total. The summed E-state index contributed by atoms with van der Waals surface area (Å²) in [6.07, 6.45) is 3.47. The van der Waals surface area contributed by atoms with E-state index < -0.39 is 11.1 Å². The van der Waals surface area contributed by atoms with Gasteiger partial charge in [0.2, 0.25) is 0 Å². The number of rotatable bonds is 4. The highest BCUT2D eigenvalue weighted by Gasteiger charge is 2.61. The number of hydrogen-bond donors (Lipinski definition) is 0. The SMILES string of the molecule is C=C1C(=O)O[C@H]2[C@H]1CC/C(COC(=O)Oc1ccc([N+](=O)[O-])cc1)=C\CC[C@@]1(C)O[C@@H]21. The number of nitro groups is 1. The first-order valence-electron chi connectivity index (χ1n) is 10.1. The third-order valence-electron chi connectivity index (χ3n) is 6.06. The molecular weight excluding hydrogens is 406 g/mol. The highest BCUT2D eigenvalue weighted by molar-refractivity contribution is 5.91. The molecule has 1 aromatic carbocycles. The van der Waals surface area contributed by atoms with Gasteiger partial charge in [0.1, 0.15) is 24.6 Å². The number of ether oxygens (including phenoxy) is 4. The molecule has 4 rings (SSSR count). The maximum Gasteiger partial charge on any atom is 0.514 e. The van der Waals surface area contributed by atoms with E-state index in [1.807, 2.05) is 13.0 Å². The third-order valence-corrected chi connectivity index (χ3v) is 6.06. The number of nitro benzene ring substituents is 1. The van der Waals surface area contributed by atoms with Gasteiger partial charge in [-0.1, -0.05) is 12.7 Å². The van der Waals surface area contributed by atoms with Crippen molar-refractivity contribution in [2.24, 2.45) is 5.92 Å². The normalized spacial score (nSPS) is 31.4. The maximum absolute atomic E-state index is 12.0. The summed E-state index contributed by atoms with van der Waals surface area (Å²) in [6.45, 7) is 5.95. The molecule has 1 aromatic rings. The minimum absolute atomic E-state index is 0.0471. The molecule has 0 bridgehead atoms. The Bertz CT molecular complexity index is 953. The number of epoxide rings is 1. The van der Waals surface area contributed by atoms with Crippen molar-refractivity contribution < 1.29 is 33.5 Å². The fraction of sp³-hybridized carbons (Fsp3) is 0.455. The Hall–Kier alpha value is -3.20. The molecule has 1 aliphatic carbocycles. The third kappa shape index (κ3) is 4.46. The number of fused-ring (bicyclic) bond motifs is 3. The van der Waals surface area contributed by atoms with Gasteiger partial charge in [0, 0.05) is 23.6 Å². The first-order valence-corrected chi connectivity index (χ1v) is 10.1. The van der Waals surface area contributed by atoms with Crippen molar-refractivity contribution in [1.29, 1.82) is 0 Å². The van der Waals surface area contributed by atoms with E-state index in [0.29, 0.717) is 18.4 Å². The van der Waals surface area contributed by atoms with E-state index in [4.69, 9.17) is 18.9 Å². The van der Waals surface area contributed by atoms with Crippen LogP contribution in [-0.2, 0) is 19.0 Å². The van der Waals surface area contributed by atoms with Gasteiger partial charge in [0.15, 0.2) is 0 Å². The van der Waals surface area contributed by atoms with E-state index in [9.17, 15) is 19.7 Å². The van der Waals surface area contributed by atoms with Gasteiger partial charge in [-0.15, -0.1) is 0 Å². The van der Waals surface area contributed by atoms with Gasteiger partial charge >= 0.3 is 12.1 Å². The van der Waals surface area contributed by atoms with Crippen LogP contribution in [0.3, 0.4) is 0 Å². The van der Waals surface area contributed by atoms with E-state index in [2.05, 4.69) is 6.58 Å². The number of hydrogen-bond acceptors (Lipinski definition) is 8. The van der Waals surface area contributed by atoms with Crippen LogP contribution < -0.4 is 4.74 Å². The second-order valence-electron chi connectivity index (χ2n) is 8.18. The summed E-state index contributed by atoms with van der Waals surface area (Å²) in [6, 6.07) is 5.15. The van der Waals surface area contributed by atoms with Crippen LogP contribution in [0.15, 0.2) is 48.1 Å². The van der Waals surface area contributed by atoms with Crippen molar-refractivity contribution in [3.05, 3.63) is 58.2 Å². The van der Waals surface area contributed by atoms with Crippen LogP contribution >= 0.6 is 0 Å². The average Bonchev–Trinajstić information content (AvgIpc) is 3.32. The molecule has 0 saturated carbocycles. The van der Waals surface area contributed by atoms with Crippen LogP contribution in [-0.4, -0.2) is 41.5 Å². The summed E-state index contributed by atoms with van der Waals surface area (Å²) in [7, 11) is 0. The molecular formula is C22H23NO8. The second kappa shape index (κ2) is 8.14. The van der Waals surface area contributed by atoms with Crippen molar-refractivity contribution >= 4 is 17.8 Å². The lowest BCUT2D eigenvalue weighted by Crippen LogP contribution is -2.29. The lowest BCUT2D eigenvalue weighted by Gasteiger charge is -2.20. The summed E-state index contributed by atoms with van der Waals surface area (Å²) in [4.78, 5) is 34.2. The minimum Gasteiger partial charge on any atom is -0.455 e. The molecule has 2 heterocycles. The fourth-order valence-electron chi connectivity index (χ4n) is 4.16. The number of carbonyl (C=O) groups excluding carboxylic acids is 2. The molecule has 2 saturated heterocycles. The number of benzene rings is 1. The van der Waals surface area contributed by atoms with Crippen LogP contribution in [0.25, 0.3) is 0 Å². The number of non-ortho nitro benzene ring substituents is 1. The van der Waals surface area contributed by atoms with Gasteiger partial charge in [0.25, 0.3) is 5.69 Å². The number of allylic oxidation sites excluding steroid dienone is 1. The molecule has 0 radical (unpaired) electrons. The summed E-state index contributed by atoms with van der Waals surface area (Å²) in [5.41, 5.74) is 0.940. The van der Waals surface area contributed by atoms with E-state index in [-0.39, 0.29) is 47.7 Å². The lowest BCUT2D eigenvalue weighted by molar-refractivity contribution is -0.384. The Balaban J connectivity index is 1.36. The van der Waals surface area contributed by atoms with Crippen molar-refractivity contribution in [2.45, 2.75) is 50.4 Å². The molecule has 31 heavy (non-hydrogen) atoms. The highest BCUT2D eigenvalue weighted by Crippen LogP contribution is 2.49. The van der Waals surface area contributed by atoms with Crippen LogP contribution in [0.1, 0.15) is 32.6 Å². The molecule has 0 spiro atoms. The zero-order chi connectivity index (χ0) is 22.2. The van der Waals surface area contributed by atoms with Gasteiger partial charge in [-0.25, -0.2) is 9.59 Å². The van der Waals surface area contributed by atoms with Gasteiger partial charge in [-0.3, -0.25) is 10.1 Å². The van der Waals surface area contributed by atoms with Crippen molar-refractivity contribution in [3.63, 3.8) is 0 Å². The Kier molecular flexibility index (Phi) is 5.53. The Morgan fingerprint density at radius 3 is 2.81 bits per heavy atom. The summed E-state index contributed by atoms with van der Waals surface area (Å²) in [5, 5.41) is 10.7. The summed E-state index contributed by atoms with van der Waals surface area (Å²) in [5.74, 6) is -0.352. The van der Waals surface area contributed by atoms with E-state index in [1.165, 1.54) is 24.3 Å². The number of carbonyl (C=O) groups is 2. The molecule has 4 atom stereocenters. The van der Waals surface area contributed by atoms with Crippen molar-refractivity contribution in [3.8, 4) is 5.75 Å². The first-order chi connectivity index (χ1) is 14.8. The van der Waals surface area contributed by atoms with Gasteiger partial charge in [-0.05, 0) is 50.3 Å². The topological polar surface area (TPSA) is 118 Å². The Labute approximate surface area is 178 Å². The zero-order valence-electron chi connectivity index (χ0n) is 17.1. The van der Waals surface area contributed by atoms with Crippen LogP contribution in [0.5, 0.6) is 5.75 Å². The van der Waals surface area contributed by atoms with Crippen molar-refractivity contribution in [2.75, 3.05) is 6.61 Å². The standard InChI is InChI=1S/C22H23NO8/c1-13-17-10-5-14(4-3-11-22(2)19(31-22)18(17)30-20(13)24)12-28-21(25)29-16-8-6-15(7-9-16)23(26)27/h4,6-9,17-19H,1,3,5,10-12H2,2H3/b14-4+/t17-,18-,19-,22+/m0/s1.